The second-order valence-corrected chi connectivity index (χ2v) is 6.22. The molecular weight excluding hydrogens is 232 g/mol. The molecule has 0 radical (unpaired) electrons. The van der Waals surface area contributed by atoms with Crippen LogP contribution in [0.4, 0.5) is 0 Å². The van der Waals surface area contributed by atoms with Crippen LogP contribution in [-0.4, -0.2) is 14.5 Å². The zero-order valence-electron chi connectivity index (χ0n) is 10.1. The fourth-order valence-corrected chi connectivity index (χ4v) is 3.94. The van der Waals surface area contributed by atoms with Gasteiger partial charge in [0.15, 0.2) is 0 Å². The Morgan fingerprint density at radius 3 is 2.94 bits per heavy atom. The van der Waals surface area contributed by atoms with Gasteiger partial charge in [-0.2, -0.15) is 0 Å². The third-order valence-corrected chi connectivity index (χ3v) is 4.89. The first-order chi connectivity index (χ1) is 8.27. The number of imidazole rings is 1. The lowest BCUT2D eigenvalue weighted by atomic mass is 9.84. The summed E-state index contributed by atoms with van der Waals surface area (Å²) in [6.07, 6.45) is 9.54. The Morgan fingerprint density at radius 1 is 1.41 bits per heavy atom. The molecule has 0 amide bonds. The summed E-state index contributed by atoms with van der Waals surface area (Å²) in [7, 11) is 0. The van der Waals surface area contributed by atoms with Crippen LogP contribution < -0.4 is 0 Å². The SMILES string of the molecule is Cc1sc2cncn2c1[C@H](O)C1CCCCC1. The summed E-state index contributed by atoms with van der Waals surface area (Å²) < 4.78 is 2.05. The molecule has 0 aromatic carbocycles. The molecule has 3 rings (SSSR count). The fraction of sp³-hybridized carbons (Fsp3) is 0.615. The van der Waals surface area contributed by atoms with Crippen molar-refractivity contribution in [3.05, 3.63) is 23.1 Å². The summed E-state index contributed by atoms with van der Waals surface area (Å²) >= 11 is 1.72. The lowest BCUT2D eigenvalue weighted by Gasteiger charge is -2.26. The minimum absolute atomic E-state index is 0.321. The van der Waals surface area contributed by atoms with Gasteiger partial charge in [-0.1, -0.05) is 19.3 Å². The van der Waals surface area contributed by atoms with E-state index in [0.717, 1.165) is 23.4 Å². The summed E-state index contributed by atoms with van der Waals surface area (Å²) in [6.45, 7) is 2.10. The average molecular weight is 250 g/mol. The molecule has 0 aliphatic heterocycles. The van der Waals surface area contributed by atoms with Gasteiger partial charge >= 0.3 is 0 Å². The molecule has 92 valence electrons. The van der Waals surface area contributed by atoms with Crippen LogP contribution in [0, 0.1) is 12.8 Å². The Balaban J connectivity index is 1.95. The van der Waals surface area contributed by atoms with Gasteiger partial charge in [0.25, 0.3) is 0 Å². The minimum atomic E-state index is -0.321. The predicted molar refractivity (Wildman–Crippen MR) is 69.3 cm³/mol. The van der Waals surface area contributed by atoms with Crippen molar-refractivity contribution >= 4 is 16.2 Å². The molecular formula is C13H18N2OS. The van der Waals surface area contributed by atoms with E-state index in [1.807, 2.05) is 12.5 Å². The first kappa shape index (κ1) is 11.2. The molecule has 0 saturated heterocycles. The van der Waals surface area contributed by atoms with E-state index in [1.54, 1.807) is 11.3 Å². The molecule has 0 spiro atoms. The Kier molecular flexibility index (Phi) is 2.92. The van der Waals surface area contributed by atoms with Crippen LogP contribution in [-0.2, 0) is 0 Å². The van der Waals surface area contributed by atoms with E-state index < -0.39 is 0 Å². The Morgan fingerprint density at radius 2 is 2.18 bits per heavy atom. The maximum Gasteiger partial charge on any atom is 0.120 e. The first-order valence-corrected chi connectivity index (χ1v) is 7.18. The molecule has 4 heteroatoms. The summed E-state index contributed by atoms with van der Waals surface area (Å²) in [6, 6.07) is 0. The quantitative estimate of drug-likeness (QED) is 0.887. The van der Waals surface area contributed by atoms with Crippen LogP contribution in [0.1, 0.15) is 48.8 Å². The van der Waals surface area contributed by atoms with Gasteiger partial charge in [0, 0.05) is 4.88 Å². The van der Waals surface area contributed by atoms with Crippen molar-refractivity contribution in [1.29, 1.82) is 0 Å². The van der Waals surface area contributed by atoms with Crippen LogP contribution in [0.25, 0.3) is 4.83 Å². The third-order valence-electron chi connectivity index (χ3n) is 3.86. The molecule has 1 saturated carbocycles. The van der Waals surface area contributed by atoms with Crippen molar-refractivity contribution in [2.24, 2.45) is 5.92 Å². The zero-order valence-corrected chi connectivity index (χ0v) is 10.9. The topological polar surface area (TPSA) is 37.5 Å². The summed E-state index contributed by atoms with van der Waals surface area (Å²) in [5, 5.41) is 10.6. The van der Waals surface area contributed by atoms with Crippen molar-refractivity contribution in [3.63, 3.8) is 0 Å². The van der Waals surface area contributed by atoms with Gasteiger partial charge in [0.1, 0.15) is 11.2 Å². The molecule has 2 heterocycles. The van der Waals surface area contributed by atoms with Crippen molar-refractivity contribution in [3.8, 4) is 0 Å². The molecule has 1 fully saturated rings. The van der Waals surface area contributed by atoms with Crippen LogP contribution in [0.3, 0.4) is 0 Å². The van der Waals surface area contributed by atoms with Crippen molar-refractivity contribution in [2.75, 3.05) is 0 Å². The number of thiazole rings is 1. The second kappa shape index (κ2) is 4.42. The van der Waals surface area contributed by atoms with Gasteiger partial charge in [-0.3, -0.25) is 4.40 Å². The van der Waals surface area contributed by atoms with E-state index in [0.29, 0.717) is 5.92 Å². The number of aromatic nitrogens is 2. The standard InChI is InChI=1S/C13H18N2OS/c1-9-12(15-8-14-7-11(15)17-9)13(16)10-5-3-2-4-6-10/h7-8,10,13,16H,2-6H2,1H3/t13-/m1/s1. The van der Waals surface area contributed by atoms with Gasteiger partial charge in [-0.05, 0) is 25.7 Å². The monoisotopic (exact) mass is 250 g/mol. The van der Waals surface area contributed by atoms with Crippen LogP contribution in [0.15, 0.2) is 12.5 Å². The van der Waals surface area contributed by atoms with Crippen molar-refractivity contribution < 1.29 is 5.11 Å². The molecule has 3 nitrogen and oxygen atoms in total. The summed E-state index contributed by atoms with van der Waals surface area (Å²) in [5.74, 6) is 0.433. The number of nitrogens with zero attached hydrogens (tertiary/aromatic N) is 2. The van der Waals surface area contributed by atoms with E-state index in [2.05, 4.69) is 16.3 Å². The summed E-state index contributed by atoms with van der Waals surface area (Å²) in [4.78, 5) is 6.51. The highest BCUT2D eigenvalue weighted by molar-refractivity contribution is 7.17. The van der Waals surface area contributed by atoms with Gasteiger partial charge < -0.3 is 5.11 Å². The molecule has 1 aliphatic carbocycles. The molecule has 0 unspecified atom stereocenters. The lowest BCUT2D eigenvalue weighted by molar-refractivity contribution is 0.0801. The third kappa shape index (κ3) is 1.89. The zero-order chi connectivity index (χ0) is 11.8. The maximum atomic E-state index is 10.6. The van der Waals surface area contributed by atoms with E-state index in [4.69, 9.17) is 0 Å². The smallest absolute Gasteiger partial charge is 0.120 e. The molecule has 17 heavy (non-hydrogen) atoms. The number of aliphatic hydroxyl groups excluding tert-OH is 1. The molecule has 1 N–H and O–H groups in total. The highest BCUT2D eigenvalue weighted by atomic mass is 32.1. The van der Waals surface area contributed by atoms with E-state index >= 15 is 0 Å². The van der Waals surface area contributed by atoms with Gasteiger partial charge in [0.2, 0.25) is 0 Å². The van der Waals surface area contributed by atoms with Gasteiger partial charge in [-0.15, -0.1) is 11.3 Å². The van der Waals surface area contributed by atoms with Gasteiger partial charge in [-0.25, -0.2) is 4.98 Å². The van der Waals surface area contributed by atoms with Crippen molar-refractivity contribution in [2.45, 2.75) is 45.1 Å². The number of fused-ring (bicyclic) bond motifs is 1. The van der Waals surface area contributed by atoms with E-state index in [-0.39, 0.29) is 6.10 Å². The first-order valence-electron chi connectivity index (χ1n) is 6.37. The Hall–Kier alpha value is -0.870. The number of aliphatic hydroxyl groups is 1. The van der Waals surface area contributed by atoms with E-state index in [1.165, 1.54) is 24.1 Å². The van der Waals surface area contributed by atoms with Crippen molar-refractivity contribution in [1.82, 2.24) is 9.38 Å². The van der Waals surface area contributed by atoms with E-state index in [9.17, 15) is 5.11 Å². The molecule has 0 bridgehead atoms. The summed E-state index contributed by atoms with van der Waals surface area (Å²) in [5.41, 5.74) is 1.06. The highest BCUT2D eigenvalue weighted by Gasteiger charge is 2.27. The molecule has 2 aromatic heterocycles. The van der Waals surface area contributed by atoms with Crippen LogP contribution in [0.2, 0.25) is 0 Å². The normalized spacial score (nSPS) is 19.9. The van der Waals surface area contributed by atoms with Gasteiger partial charge in [0.05, 0.1) is 18.0 Å². The fourth-order valence-electron chi connectivity index (χ4n) is 2.94. The Bertz CT molecular complexity index is 510. The Labute approximate surface area is 105 Å². The largest absolute Gasteiger partial charge is 0.387 e. The number of aryl methyl sites for hydroxylation is 1. The van der Waals surface area contributed by atoms with Crippen LogP contribution in [0.5, 0.6) is 0 Å². The molecule has 2 aromatic rings. The molecule has 1 atom stereocenters. The second-order valence-electron chi connectivity index (χ2n) is 4.99. The van der Waals surface area contributed by atoms with Crippen LogP contribution >= 0.6 is 11.3 Å². The number of rotatable bonds is 2. The predicted octanol–water partition coefficient (Wildman–Crippen LogP) is 3.32. The average Bonchev–Trinajstić information content (AvgIpc) is 2.89. The number of hydrogen-bond acceptors (Lipinski definition) is 3. The maximum absolute atomic E-state index is 10.6. The lowest BCUT2D eigenvalue weighted by Crippen LogP contribution is -2.17. The highest BCUT2D eigenvalue weighted by Crippen LogP contribution is 2.37. The minimum Gasteiger partial charge on any atom is -0.387 e. The molecule has 1 aliphatic rings. The number of hydrogen-bond donors (Lipinski definition) is 1.